The number of ketones is 1. The molecule has 0 N–H and O–H groups in total. The quantitative estimate of drug-likeness (QED) is 0.294. The van der Waals surface area contributed by atoms with Crippen LogP contribution in [0.4, 0.5) is 0 Å². The summed E-state index contributed by atoms with van der Waals surface area (Å²) in [6.45, 7) is 8.78. The third kappa shape index (κ3) is 8.33. The number of piperidine rings is 1. The molecule has 206 valence electrons. The Balaban J connectivity index is 0.000000298. The van der Waals surface area contributed by atoms with Gasteiger partial charge in [0.15, 0.2) is 0 Å². The van der Waals surface area contributed by atoms with Crippen LogP contribution in [-0.4, -0.2) is 52.7 Å². The Hall–Kier alpha value is -2.83. The van der Waals surface area contributed by atoms with Gasteiger partial charge in [-0.05, 0) is 93.0 Å². The largest absolute Gasteiger partial charge is 0.338 e. The SMILES string of the molecule is CC(=O)Cc1cccnc1.CC(CCN1CCC2(CC1)CCN(Cc1ccc(Br)cc1)C2=O)c1ccccc1. The van der Waals surface area contributed by atoms with Crippen molar-refractivity contribution < 1.29 is 9.59 Å². The minimum Gasteiger partial charge on any atom is -0.338 e. The smallest absolute Gasteiger partial charge is 0.229 e. The summed E-state index contributed by atoms with van der Waals surface area (Å²) in [5.41, 5.74) is 3.52. The minimum atomic E-state index is -0.100. The second kappa shape index (κ2) is 14.0. The Morgan fingerprint density at radius 1 is 0.949 bits per heavy atom. The monoisotopic (exact) mass is 589 g/mol. The number of carbonyl (C=O) groups excluding carboxylic acids is 2. The Kier molecular flexibility index (Phi) is 10.5. The lowest BCUT2D eigenvalue weighted by molar-refractivity contribution is -0.138. The molecule has 5 nitrogen and oxygen atoms in total. The summed E-state index contributed by atoms with van der Waals surface area (Å²) >= 11 is 3.48. The molecule has 1 amide bonds. The Morgan fingerprint density at radius 2 is 1.64 bits per heavy atom. The molecule has 2 aliphatic heterocycles. The van der Waals surface area contributed by atoms with Crippen molar-refractivity contribution in [2.75, 3.05) is 26.2 Å². The van der Waals surface area contributed by atoms with Gasteiger partial charge in [-0.3, -0.25) is 14.6 Å². The fraction of sp³-hybridized carbons (Fsp3) is 0.424. The maximum absolute atomic E-state index is 13.2. The topological polar surface area (TPSA) is 53.5 Å². The average Bonchev–Trinajstić information content (AvgIpc) is 3.24. The third-order valence-electron chi connectivity index (χ3n) is 8.12. The first-order valence-electron chi connectivity index (χ1n) is 14.0. The maximum Gasteiger partial charge on any atom is 0.229 e. The van der Waals surface area contributed by atoms with E-state index in [9.17, 15) is 9.59 Å². The summed E-state index contributed by atoms with van der Waals surface area (Å²) in [6.07, 6.45) is 8.14. The van der Waals surface area contributed by atoms with Crippen LogP contribution in [0.3, 0.4) is 0 Å². The van der Waals surface area contributed by atoms with Gasteiger partial charge in [0, 0.05) is 36.4 Å². The number of likely N-dealkylation sites (tertiary alicyclic amines) is 2. The highest BCUT2D eigenvalue weighted by Gasteiger charge is 2.47. The van der Waals surface area contributed by atoms with Gasteiger partial charge in [0.2, 0.25) is 5.91 Å². The summed E-state index contributed by atoms with van der Waals surface area (Å²) in [7, 11) is 0. The van der Waals surface area contributed by atoms with E-state index >= 15 is 0 Å². The lowest BCUT2D eigenvalue weighted by atomic mass is 9.77. The van der Waals surface area contributed by atoms with Gasteiger partial charge >= 0.3 is 0 Å². The standard InChI is InChI=1S/C25H31BrN2O.C8H9NO/c1-20(22-5-3-2-4-6-22)11-15-27-16-12-25(13-17-27)14-18-28(24(25)29)19-21-7-9-23(26)10-8-21;1-7(10)5-8-3-2-4-9-6-8/h2-10,20H,11-19H2,1H3;2-4,6H,5H2,1H3. The van der Waals surface area contributed by atoms with Crippen molar-refractivity contribution in [3.8, 4) is 0 Å². The lowest BCUT2D eigenvalue weighted by Gasteiger charge is -2.38. The highest BCUT2D eigenvalue weighted by atomic mass is 79.9. The molecule has 3 aromatic rings. The van der Waals surface area contributed by atoms with Crippen LogP contribution in [0.25, 0.3) is 0 Å². The number of hydrogen-bond donors (Lipinski definition) is 0. The van der Waals surface area contributed by atoms with Crippen molar-refractivity contribution in [2.45, 2.75) is 58.4 Å². The van der Waals surface area contributed by atoms with E-state index in [4.69, 9.17) is 0 Å². The summed E-state index contributed by atoms with van der Waals surface area (Å²) < 4.78 is 1.08. The average molecular weight is 591 g/mol. The van der Waals surface area contributed by atoms with Gasteiger partial charge in [-0.25, -0.2) is 0 Å². The fourth-order valence-electron chi connectivity index (χ4n) is 5.64. The van der Waals surface area contributed by atoms with Gasteiger partial charge in [0.05, 0.1) is 5.41 Å². The maximum atomic E-state index is 13.2. The highest BCUT2D eigenvalue weighted by molar-refractivity contribution is 9.10. The van der Waals surface area contributed by atoms with E-state index in [-0.39, 0.29) is 11.2 Å². The Bertz CT molecular complexity index is 1190. The second-order valence-corrected chi connectivity index (χ2v) is 12.0. The molecule has 3 heterocycles. The van der Waals surface area contributed by atoms with Crippen molar-refractivity contribution in [1.29, 1.82) is 0 Å². The van der Waals surface area contributed by atoms with Crippen molar-refractivity contribution in [3.05, 3.63) is 100 Å². The lowest BCUT2D eigenvalue weighted by Crippen LogP contribution is -2.44. The normalized spacial score (nSPS) is 17.5. The van der Waals surface area contributed by atoms with E-state index in [0.29, 0.717) is 18.2 Å². The first-order chi connectivity index (χ1) is 18.8. The van der Waals surface area contributed by atoms with Crippen LogP contribution in [0.2, 0.25) is 0 Å². The van der Waals surface area contributed by atoms with Crippen LogP contribution in [0.15, 0.2) is 83.6 Å². The Morgan fingerprint density at radius 3 is 2.28 bits per heavy atom. The van der Waals surface area contributed by atoms with Gasteiger partial charge in [0.1, 0.15) is 5.78 Å². The predicted octanol–water partition coefficient (Wildman–Crippen LogP) is 6.67. The number of hydrogen-bond acceptors (Lipinski definition) is 4. The van der Waals surface area contributed by atoms with Crippen LogP contribution in [0.1, 0.15) is 62.1 Å². The van der Waals surface area contributed by atoms with Gasteiger partial charge in [-0.2, -0.15) is 0 Å². The zero-order chi connectivity index (χ0) is 27.7. The molecule has 1 aromatic heterocycles. The van der Waals surface area contributed by atoms with Crippen molar-refractivity contribution in [2.24, 2.45) is 5.41 Å². The van der Waals surface area contributed by atoms with Crippen LogP contribution in [-0.2, 0) is 22.6 Å². The number of amides is 1. The summed E-state index contributed by atoms with van der Waals surface area (Å²) in [4.78, 5) is 32.3. The number of rotatable bonds is 8. The number of aromatic nitrogens is 1. The van der Waals surface area contributed by atoms with E-state index < -0.39 is 0 Å². The van der Waals surface area contributed by atoms with Crippen LogP contribution in [0, 0.1) is 5.41 Å². The molecular weight excluding hydrogens is 550 g/mol. The molecule has 5 rings (SSSR count). The molecule has 1 unspecified atom stereocenters. The molecular formula is C33H40BrN3O2. The number of pyridine rings is 1. The first kappa shape index (κ1) is 29.2. The van der Waals surface area contributed by atoms with Gasteiger partial charge in [-0.1, -0.05) is 71.4 Å². The fourth-order valence-corrected chi connectivity index (χ4v) is 5.90. The van der Waals surface area contributed by atoms with E-state index in [1.165, 1.54) is 17.5 Å². The number of halogens is 1. The van der Waals surface area contributed by atoms with Gasteiger partial charge < -0.3 is 9.80 Å². The van der Waals surface area contributed by atoms with Crippen molar-refractivity contribution in [3.63, 3.8) is 0 Å². The van der Waals surface area contributed by atoms with E-state index in [0.717, 1.165) is 62.0 Å². The predicted molar refractivity (Wildman–Crippen MR) is 160 cm³/mol. The molecule has 0 saturated carbocycles. The van der Waals surface area contributed by atoms with Gasteiger partial charge in [0.25, 0.3) is 0 Å². The summed E-state index contributed by atoms with van der Waals surface area (Å²) in [6, 6.07) is 22.9. The van der Waals surface area contributed by atoms with Crippen LogP contribution in [0.5, 0.6) is 0 Å². The van der Waals surface area contributed by atoms with Gasteiger partial charge in [-0.15, -0.1) is 0 Å². The number of carbonyl (C=O) groups is 2. The molecule has 2 saturated heterocycles. The molecule has 0 radical (unpaired) electrons. The molecule has 39 heavy (non-hydrogen) atoms. The van der Waals surface area contributed by atoms with Crippen molar-refractivity contribution >= 4 is 27.6 Å². The van der Waals surface area contributed by atoms with Crippen molar-refractivity contribution in [1.82, 2.24) is 14.8 Å². The molecule has 1 spiro atoms. The molecule has 1 atom stereocenters. The number of Topliss-reactive ketones (excluding diaryl/α,β-unsaturated/α-hetero) is 1. The summed E-state index contributed by atoms with van der Waals surface area (Å²) in [5, 5.41) is 0. The molecule has 6 heteroatoms. The van der Waals surface area contributed by atoms with Crippen LogP contribution >= 0.6 is 15.9 Å². The van der Waals surface area contributed by atoms with E-state index in [1.807, 2.05) is 12.1 Å². The van der Waals surface area contributed by atoms with E-state index in [1.54, 1.807) is 19.3 Å². The number of nitrogens with zero attached hydrogens (tertiary/aromatic N) is 3. The van der Waals surface area contributed by atoms with E-state index in [2.05, 4.69) is 92.2 Å². The summed E-state index contributed by atoms with van der Waals surface area (Å²) in [5.74, 6) is 1.15. The number of benzene rings is 2. The zero-order valence-corrected chi connectivity index (χ0v) is 24.8. The zero-order valence-electron chi connectivity index (χ0n) is 23.2. The third-order valence-corrected chi connectivity index (χ3v) is 8.65. The molecule has 2 fully saturated rings. The molecule has 2 aromatic carbocycles. The molecule has 2 aliphatic rings. The molecule has 0 bridgehead atoms. The highest BCUT2D eigenvalue weighted by Crippen LogP contribution is 2.42. The first-order valence-corrected chi connectivity index (χ1v) is 14.8. The van der Waals surface area contributed by atoms with Crippen LogP contribution < -0.4 is 0 Å². The molecule has 0 aliphatic carbocycles. The minimum absolute atomic E-state index is 0.100. The second-order valence-electron chi connectivity index (χ2n) is 11.1. The Labute approximate surface area is 241 Å².